The number of fused-ring (bicyclic) bond motifs is 1. The molecule has 0 N–H and O–H groups in total. The van der Waals surface area contributed by atoms with E-state index in [4.69, 9.17) is 16.3 Å². The lowest BCUT2D eigenvalue weighted by molar-refractivity contribution is 0.0273. The third-order valence-corrected chi connectivity index (χ3v) is 4.72. The molecule has 126 valence electrons. The number of amides is 1. The highest BCUT2D eigenvalue weighted by Crippen LogP contribution is 2.43. The minimum atomic E-state index is -0.460. The zero-order valence-corrected chi connectivity index (χ0v) is 14.8. The number of ether oxygens (including phenoxy) is 1. The molecule has 2 aliphatic heterocycles. The van der Waals surface area contributed by atoms with Crippen LogP contribution < -0.4 is 4.90 Å². The van der Waals surface area contributed by atoms with Crippen molar-refractivity contribution >= 4 is 23.5 Å². The summed E-state index contributed by atoms with van der Waals surface area (Å²) in [5.74, 6) is 1.20. The first-order valence-corrected chi connectivity index (χ1v) is 8.24. The lowest BCUT2D eigenvalue weighted by atomic mass is 9.83. The molecule has 7 heteroatoms. The molecule has 3 rings (SSSR count). The summed E-state index contributed by atoms with van der Waals surface area (Å²) >= 11 is 5.94. The Morgan fingerprint density at radius 2 is 2.09 bits per heavy atom. The minimum Gasteiger partial charge on any atom is -0.444 e. The van der Waals surface area contributed by atoms with Crippen LogP contribution in [0.3, 0.4) is 0 Å². The fourth-order valence-electron chi connectivity index (χ4n) is 3.46. The van der Waals surface area contributed by atoms with E-state index in [-0.39, 0.29) is 11.5 Å². The fourth-order valence-corrected chi connectivity index (χ4v) is 3.61. The Bertz CT molecular complexity index is 618. The van der Waals surface area contributed by atoms with Crippen molar-refractivity contribution in [2.45, 2.75) is 33.3 Å². The van der Waals surface area contributed by atoms with Gasteiger partial charge in [-0.2, -0.15) is 0 Å². The van der Waals surface area contributed by atoms with Crippen molar-refractivity contribution < 1.29 is 9.53 Å². The summed E-state index contributed by atoms with van der Waals surface area (Å²) in [7, 11) is 0. The van der Waals surface area contributed by atoms with E-state index in [0.29, 0.717) is 17.6 Å². The molecule has 1 aromatic heterocycles. The summed E-state index contributed by atoms with van der Waals surface area (Å²) in [5, 5.41) is 0.403. The van der Waals surface area contributed by atoms with Crippen LogP contribution in [-0.2, 0) is 4.74 Å². The number of halogens is 1. The van der Waals surface area contributed by atoms with E-state index in [2.05, 4.69) is 21.8 Å². The van der Waals surface area contributed by atoms with Crippen LogP contribution in [0.15, 0.2) is 12.4 Å². The molecule has 2 aliphatic rings. The molecular formula is C16H23ClN4O2. The van der Waals surface area contributed by atoms with Gasteiger partial charge in [0.2, 0.25) is 0 Å². The van der Waals surface area contributed by atoms with Gasteiger partial charge in [0.15, 0.2) is 0 Å². The Morgan fingerprint density at radius 1 is 1.35 bits per heavy atom. The van der Waals surface area contributed by atoms with E-state index >= 15 is 0 Å². The van der Waals surface area contributed by atoms with Gasteiger partial charge in [-0.05, 0) is 20.8 Å². The van der Waals surface area contributed by atoms with Gasteiger partial charge in [0.05, 0.1) is 12.4 Å². The van der Waals surface area contributed by atoms with Gasteiger partial charge < -0.3 is 14.5 Å². The van der Waals surface area contributed by atoms with Gasteiger partial charge in [-0.1, -0.05) is 18.5 Å². The number of anilines is 1. The van der Waals surface area contributed by atoms with Gasteiger partial charge in [-0.3, -0.25) is 4.98 Å². The molecule has 0 radical (unpaired) electrons. The van der Waals surface area contributed by atoms with Crippen LogP contribution >= 0.6 is 11.6 Å². The molecule has 1 amide bonds. The van der Waals surface area contributed by atoms with Crippen molar-refractivity contribution in [1.29, 1.82) is 0 Å². The summed E-state index contributed by atoms with van der Waals surface area (Å²) in [6.07, 6.45) is 3.05. The normalized spacial score (nSPS) is 27.3. The Labute approximate surface area is 141 Å². The number of rotatable bonds is 1. The maximum absolute atomic E-state index is 12.3. The largest absolute Gasteiger partial charge is 0.444 e. The maximum Gasteiger partial charge on any atom is 0.410 e. The van der Waals surface area contributed by atoms with Crippen molar-refractivity contribution in [3.63, 3.8) is 0 Å². The van der Waals surface area contributed by atoms with Crippen LogP contribution in [0.25, 0.3) is 0 Å². The Balaban J connectivity index is 1.67. The lowest BCUT2D eigenvalue weighted by Gasteiger charge is -2.28. The third-order valence-electron chi connectivity index (χ3n) is 4.54. The second kappa shape index (κ2) is 5.51. The number of aromatic nitrogens is 2. The van der Waals surface area contributed by atoms with Crippen molar-refractivity contribution in [3.05, 3.63) is 17.5 Å². The van der Waals surface area contributed by atoms with Crippen molar-refractivity contribution in [2.75, 3.05) is 31.1 Å². The van der Waals surface area contributed by atoms with E-state index in [9.17, 15) is 4.79 Å². The van der Waals surface area contributed by atoms with E-state index in [1.165, 1.54) is 6.20 Å². The predicted molar refractivity (Wildman–Crippen MR) is 88.7 cm³/mol. The summed E-state index contributed by atoms with van der Waals surface area (Å²) in [6, 6.07) is 0. The van der Waals surface area contributed by atoms with E-state index in [0.717, 1.165) is 25.5 Å². The number of hydrogen-bond acceptors (Lipinski definition) is 5. The van der Waals surface area contributed by atoms with Gasteiger partial charge in [0.25, 0.3) is 0 Å². The molecule has 0 unspecified atom stereocenters. The van der Waals surface area contributed by atoms with Crippen molar-refractivity contribution in [2.24, 2.45) is 11.3 Å². The molecule has 2 saturated heterocycles. The van der Waals surface area contributed by atoms with Gasteiger partial charge in [0, 0.05) is 37.5 Å². The molecular weight excluding hydrogens is 316 g/mol. The highest BCUT2D eigenvalue weighted by molar-refractivity contribution is 6.29. The van der Waals surface area contributed by atoms with Crippen LogP contribution in [0.2, 0.25) is 5.15 Å². The molecule has 23 heavy (non-hydrogen) atoms. The number of hydrogen-bond donors (Lipinski definition) is 0. The molecule has 0 saturated carbocycles. The Morgan fingerprint density at radius 3 is 2.70 bits per heavy atom. The summed E-state index contributed by atoms with van der Waals surface area (Å²) < 4.78 is 5.49. The van der Waals surface area contributed by atoms with Crippen LogP contribution in [-0.4, -0.2) is 52.7 Å². The summed E-state index contributed by atoms with van der Waals surface area (Å²) in [4.78, 5) is 24.8. The quantitative estimate of drug-likeness (QED) is 0.788. The SMILES string of the molecule is CC(C)(C)OC(=O)N1C[C@@H]2CN(c3cncc(Cl)n3)C[C@]2(C)C1. The molecule has 6 nitrogen and oxygen atoms in total. The van der Waals surface area contributed by atoms with Crippen molar-refractivity contribution in [3.8, 4) is 0 Å². The highest BCUT2D eigenvalue weighted by atomic mass is 35.5. The fraction of sp³-hybridized carbons (Fsp3) is 0.688. The van der Waals surface area contributed by atoms with Crippen LogP contribution in [0.5, 0.6) is 0 Å². The topological polar surface area (TPSA) is 58.6 Å². The van der Waals surface area contributed by atoms with Gasteiger partial charge in [-0.15, -0.1) is 0 Å². The molecule has 0 aromatic carbocycles. The molecule has 3 heterocycles. The predicted octanol–water partition coefficient (Wildman–Crippen LogP) is 2.82. The first-order chi connectivity index (χ1) is 10.7. The minimum absolute atomic E-state index is 0.0426. The molecule has 0 spiro atoms. The first-order valence-electron chi connectivity index (χ1n) is 7.87. The average Bonchev–Trinajstić information content (AvgIpc) is 2.88. The first kappa shape index (κ1) is 16.3. The lowest BCUT2D eigenvalue weighted by Crippen LogP contribution is -2.39. The highest BCUT2D eigenvalue weighted by Gasteiger charge is 2.51. The number of nitrogens with zero attached hydrogens (tertiary/aromatic N) is 4. The third kappa shape index (κ3) is 3.37. The summed E-state index contributed by atoms with van der Waals surface area (Å²) in [5.41, 5.74) is -0.418. The van der Waals surface area contributed by atoms with Gasteiger partial charge in [-0.25, -0.2) is 9.78 Å². The Hall–Kier alpha value is -1.56. The van der Waals surface area contributed by atoms with Crippen LogP contribution in [0.1, 0.15) is 27.7 Å². The van der Waals surface area contributed by atoms with Crippen molar-refractivity contribution in [1.82, 2.24) is 14.9 Å². The van der Waals surface area contributed by atoms with Crippen LogP contribution in [0.4, 0.5) is 10.6 Å². The number of carbonyl (C=O) groups is 1. The Kier molecular flexibility index (Phi) is 3.91. The van der Waals surface area contributed by atoms with Crippen LogP contribution in [0, 0.1) is 11.3 Å². The zero-order valence-electron chi connectivity index (χ0n) is 14.0. The molecule has 1 aromatic rings. The molecule has 0 bridgehead atoms. The monoisotopic (exact) mass is 338 g/mol. The number of carbonyl (C=O) groups excluding carboxylic acids is 1. The summed E-state index contributed by atoms with van der Waals surface area (Å²) in [6.45, 7) is 11.0. The molecule has 2 fully saturated rings. The van der Waals surface area contributed by atoms with E-state index in [1.807, 2.05) is 25.7 Å². The van der Waals surface area contributed by atoms with E-state index in [1.54, 1.807) is 6.20 Å². The van der Waals surface area contributed by atoms with Gasteiger partial charge in [0.1, 0.15) is 16.6 Å². The number of likely N-dealkylation sites (tertiary alicyclic amines) is 1. The second-order valence-electron chi connectivity index (χ2n) is 7.79. The maximum atomic E-state index is 12.3. The average molecular weight is 339 g/mol. The second-order valence-corrected chi connectivity index (χ2v) is 8.18. The zero-order chi connectivity index (χ0) is 16.8. The smallest absolute Gasteiger partial charge is 0.410 e. The molecule has 2 atom stereocenters. The van der Waals surface area contributed by atoms with Gasteiger partial charge >= 0.3 is 6.09 Å². The molecule has 0 aliphatic carbocycles. The standard InChI is InChI=1S/C16H23ClN4O2/c1-15(2,3)23-14(22)21-8-11-7-20(9-16(11,4)10-21)13-6-18-5-12(17)19-13/h5-6,11H,7-10H2,1-4H3/t11-,16+/m0/s1. The van der Waals surface area contributed by atoms with E-state index < -0.39 is 5.60 Å².